The molecule has 1 aliphatic heterocycles. The second-order valence-electron chi connectivity index (χ2n) is 6.81. The molecule has 0 aromatic heterocycles. The topological polar surface area (TPSA) is 3.24 Å². The van der Waals surface area contributed by atoms with Gasteiger partial charge in [0.25, 0.3) is 0 Å². The van der Waals surface area contributed by atoms with E-state index >= 15 is 0 Å². The van der Waals surface area contributed by atoms with Crippen molar-refractivity contribution in [1.29, 1.82) is 0 Å². The highest BCUT2D eigenvalue weighted by molar-refractivity contribution is 6.84. The Kier molecular flexibility index (Phi) is 4.24. The molecule has 20 heavy (non-hydrogen) atoms. The van der Waals surface area contributed by atoms with E-state index < -0.39 is 8.07 Å². The molecule has 1 nitrogen and oxygen atoms in total. The second kappa shape index (κ2) is 5.61. The van der Waals surface area contributed by atoms with Crippen LogP contribution < -0.4 is 0 Å². The number of hydrogen-bond acceptors (Lipinski definition) is 1. The van der Waals surface area contributed by atoms with Gasteiger partial charge in [-0.25, -0.2) is 0 Å². The van der Waals surface area contributed by atoms with Crippen molar-refractivity contribution in [3.8, 4) is 0 Å². The number of allylic oxidation sites excluding steroid dienone is 2. The van der Waals surface area contributed by atoms with Crippen molar-refractivity contribution < 1.29 is 0 Å². The fraction of sp³-hybridized carbons (Fsp3) is 0.444. The molecule has 0 aliphatic carbocycles. The van der Waals surface area contributed by atoms with Crippen molar-refractivity contribution in [1.82, 2.24) is 4.90 Å². The van der Waals surface area contributed by atoms with E-state index in [1.807, 2.05) is 0 Å². The minimum atomic E-state index is -1.28. The van der Waals surface area contributed by atoms with Gasteiger partial charge in [0.05, 0.1) is 14.1 Å². The van der Waals surface area contributed by atoms with Crippen LogP contribution in [0.25, 0.3) is 0 Å². The third-order valence-corrected chi connectivity index (χ3v) is 6.24. The molecule has 0 saturated heterocycles. The Bertz CT molecular complexity index is 549. The maximum atomic E-state index is 2.48. The van der Waals surface area contributed by atoms with Crippen LogP contribution >= 0.6 is 0 Å². The van der Waals surface area contributed by atoms with Gasteiger partial charge < -0.3 is 4.90 Å². The summed E-state index contributed by atoms with van der Waals surface area (Å²) >= 11 is 0. The van der Waals surface area contributed by atoms with Gasteiger partial charge in [0.1, 0.15) is 0 Å². The van der Waals surface area contributed by atoms with E-state index in [0.717, 1.165) is 6.42 Å². The Labute approximate surface area is 125 Å². The average molecular weight is 286 g/mol. The van der Waals surface area contributed by atoms with E-state index in [1.165, 1.54) is 11.1 Å². The van der Waals surface area contributed by atoms with Crippen LogP contribution in [0.2, 0.25) is 19.6 Å². The van der Waals surface area contributed by atoms with E-state index in [-0.39, 0.29) is 0 Å². The van der Waals surface area contributed by atoms with E-state index in [9.17, 15) is 0 Å². The van der Waals surface area contributed by atoms with Gasteiger partial charge in [-0.2, -0.15) is 0 Å². The SMILES string of the molecule is CCC1=CC(c2ccccc2C)N(C)C=C1[Si](C)(C)C. The van der Waals surface area contributed by atoms with E-state index in [4.69, 9.17) is 0 Å². The third-order valence-electron chi connectivity index (χ3n) is 4.17. The summed E-state index contributed by atoms with van der Waals surface area (Å²) in [5.74, 6) is 0. The predicted molar refractivity (Wildman–Crippen MR) is 91.5 cm³/mol. The monoisotopic (exact) mass is 285 g/mol. The molecular weight excluding hydrogens is 258 g/mol. The Morgan fingerprint density at radius 1 is 1.15 bits per heavy atom. The molecule has 0 bridgehead atoms. The standard InChI is InChI=1S/C18H27NSi/c1-7-15-12-17(16-11-9-8-10-14(16)2)19(3)13-18(15)20(4,5)6/h8-13,17H,7H2,1-6H3. The van der Waals surface area contributed by atoms with Crippen LogP contribution in [0.1, 0.15) is 30.5 Å². The zero-order chi connectivity index (χ0) is 14.9. The number of rotatable bonds is 3. The van der Waals surface area contributed by atoms with Gasteiger partial charge in [0.2, 0.25) is 0 Å². The van der Waals surface area contributed by atoms with Crippen LogP contribution in [0.15, 0.2) is 47.3 Å². The first-order chi connectivity index (χ1) is 9.34. The molecule has 1 aromatic rings. The lowest BCUT2D eigenvalue weighted by Crippen LogP contribution is -2.32. The molecule has 1 unspecified atom stereocenters. The summed E-state index contributed by atoms with van der Waals surface area (Å²) in [5, 5.41) is 1.60. The molecule has 0 radical (unpaired) electrons. The first kappa shape index (κ1) is 15.1. The lowest BCUT2D eigenvalue weighted by atomic mass is 9.95. The van der Waals surface area contributed by atoms with Crippen molar-refractivity contribution in [2.45, 2.75) is 46.0 Å². The maximum Gasteiger partial charge on any atom is 0.0798 e. The van der Waals surface area contributed by atoms with E-state index in [2.05, 4.69) is 82.0 Å². The summed E-state index contributed by atoms with van der Waals surface area (Å²) in [7, 11) is 0.933. The second-order valence-corrected chi connectivity index (χ2v) is 11.8. The lowest BCUT2D eigenvalue weighted by molar-refractivity contribution is 0.383. The molecule has 108 valence electrons. The van der Waals surface area contributed by atoms with Gasteiger partial charge in [-0.1, -0.05) is 56.9 Å². The summed E-state index contributed by atoms with van der Waals surface area (Å²) in [6.45, 7) is 11.8. The smallest absolute Gasteiger partial charge is 0.0798 e. The molecule has 1 aromatic carbocycles. The van der Waals surface area contributed by atoms with Crippen molar-refractivity contribution in [2.75, 3.05) is 7.05 Å². The molecule has 0 spiro atoms. The summed E-state index contributed by atoms with van der Waals surface area (Å²) in [4.78, 5) is 2.38. The molecule has 2 rings (SSSR count). The number of hydrogen-bond donors (Lipinski definition) is 0. The molecule has 0 amide bonds. The predicted octanol–water partition coefficient (Wildman–Crippen LogP) is 5.08. The number of benzene rings is 1. The quantitative estimate of drug-likeness (QED) is 0.700. The van der Waals surface area contributed by atoms with E-state index in [1.54, 1.807) is 10.8 Å². The highest BCUT2D eigenvalue weighted by Crippen LogP contribution is 2.36. The first-order valence-corrected chi connectivity index (χ1v) is 11.1. The fourth-order valence-electron chi connectivity index (χ4n) is 2.98. The first-order valence-electron chi connectivity index (χ1n) is 7.55. The van der Waals surface area contributed by atoms with Gasteiger partial charge in [-0.15, -0.1) is 0 Å². The molecular formula is C18H27NSi. The summed E-state index contributed by atoms with van der Waals surface area (Å²) in [6.07, 6.45) is 6.02. The Hall–Kier alpha value is -1.28. The molecule has 1 atom stereocenters. The highest BCUT2D eigenvalue weighted by Gasteiger charge is 2.28. The summed E-state index contributed by atoms with van der Waals surface area (Å²) in [5.41, 5.74) is 4.35. The normalized spacial score (nSPS) is 19.7. The minimum Gasteiger partial charge on any atom is -0.370 e. The molecule has 1 heterocycles. The van der Waals surface area contributed by atoms with Crippen LogP contribution in [0, 0.1) is 6.92 Å². The Morgan fingerprint density at radius 3 is 2.35 bits per heavy atom. The van der Waals surface area contributed by atoms with Gasteiger partial charge in [0, 0.05) is 7.05 Å². The van der Waals surface area contributed by atoms with Crippen molar-refractivity contribution in [2.24, 2.45) is 0 Å². The molecule has 0 fully saturated rings. The van der Waals surface area contributed by atoms with E-state index in [0.29, 0.717) is 6.04 Å². The average Bonchev–Trinajstić information content (AvgIpc) is 2.38. The fourth-order valence-corrected chi connectivity index (χ4v) is 4.79. The van der Waals surface area contributed by atoms with Crippen LogP contribution in [-0.4, -0.2) is 20.0 Å². The van der Waals surface area contributed by atoms with Gasteiger partial charge in [0.15, 0.2) is 0 Å². The highest BCUT2D eigenvalue weighted by atomic mass is 28.3. The zero-order valence-corrected chi connectivity index (χ0v) is 14.7. The number of likely N-dealkylation sites (N-methyl/N-ethyl adjacent to an activating group) is 1. The molecule has 2 heteroatoms. The molecule has 0 saturated carbocycles. The molecule has 1 aliphatic rings. The summed E-state index contributed by atoms with van der Waals surface area (Å²) < 4.78 is 0. The molecule has 0 N–H and O–H groups in total. The number of nitrogens with zero attached hydrogens (tertiary/aromatic N) is 1. The maximum absolute atomic E-state index is 2.48. The van der Waals surface area contributed by atoms with Crippen LogP contribution in [0.4, 0.5) is 0 Å². The van der Waals surface area contributed by atoms with Gasteiger partial charge in [-0.3, -0.25) is 0 Å². The Balaban J connectivity index is 2.44. The largest absolute Gasteiger partial charge is 0.370 e. The summed E-state index contributed by atoms with van der Waals surface area (Å²) in [6, 6.07) is 9.11. The van der Waals surface area contributed by atoms with Gasteiger partial charge in [-0.05, 0) is 41.4 Å². The van der Waals surface area contributed by atoms with Crippen LogP contribution in [0.5, 0.6) is 0 Å². The van der Waals surface area contributed by atoms with Gasteiger partial charge >= 0.3 is 0 Å². The van der Waals surface area contributed by atoms with Crippen molar-refractivity contribution in [3.05, 3.63) is 58.4 Å². The van der Waals surface area contributed by atoms with Crippen molar-refractivity contribution >= 4 is 8.07 Å². The van der Waals surface area contributed by atoms with Crippen LogP contribution in [-0.2, 0) is 0 Å². The van der Waals surface area contributed by atoms with Crippen LogP contribution in [0.3, 0.4) is 0 Å². The third kappa shape index (κ3) is 2.90. The Morgan fingerprint density at radius 2 is 1.80 bits per heavy atom. The minimum absolute atomic E-state index is 0.381. The zero-order valence-electron chi connectivity index (χ0n) is 13.7. The van der Waals surface area contributed by atoms with Crippen molar-refractivity contribution in [3.63, 3.8) is 0 Å². The number of aryl methyl sites for hydroxylation is 1. The lowest BCUT2D eigenvalue weighted by Gasteiger charge is -2.36.